The average Bonchev–Trinajstić information content (AvgIpc) is 3.33. The van der Waals surface area contributed by atoms with E-state index < -0.39 is 0 Å². The number of ether oxygens (including phenoxy) is 1. The Morgan fingerprint density at radius 3 is 2.60 bits per heavy atom. The molecule has 2 heterocycles. The van der Waals surface area contributed by atoms with Crippen LogP contribution in [0.1, 0.15) is 42.5 Å². The minimum atomic E-state index is -0.0449. The number of pyridine rings is 1. The lowest BCUT2D eigenvalue weighted by Gasteiger charge is -2.21. The molecule has 1 N–H and O–H groups in total. The lowest BCUT2D eigenvalue weighted by molar-refractivity contribution is -0.118. The fourth-order valence-electron chi connectivity index (χ4n) is 4.96. The third-order valence-electron chi connectivity index (χ3n) is 6.77. The number of carbonyl (C=O) groups excluding carboxylic acids is 2. The molecule has 35 heavy (non-hydrogen) atoms. The van der Waals surface area contributed by atoms with Crippen molar-refractivity contribution in [3.63, 3.8) is 0 Å². The molecule has 0 atom stereocenters. The Balaban J connectivity index is 1.32. The summed E-state index contributed by atoms with van der Waals surface area (Å²) in [4.78, 5) is 32.2. The molecular weight excluding hydrogens is 438 g/mol. The van der Waals surface area contributed by atoms with Gasteiger partial charge in [0.1, 0.15) is 5.75 Å². The maximum atomic E-state index is 13.3. The molecule has 1 aliphatic heterocycles. The van der Waals surface area contributed by atoms with E-state index in [0.29, 0.717) is 6.54 Å². The maximum Gasteiger partial charge on any atom is 0.251 e. The summed E-state index contributed by atoms with van der Waals surface area (Å²) < 4.78 is 5.28. The Kier molecular flexibility index (Phi) is 6.62. The second-order valence-corrected chi connectivity index (χ2v) is 8.98. The van der Waals surface area contributed by atoms with Crippen LogP contribution in [0.2, 0.25) is 0 Å². The molecule has 0 unspecified atom stereocenters. The summed E-state index contributed by atoms with van der Waals surface area (Å²) in [6.45, 7) is 0.644. The second-order valence-electron chi connectivity index (χ2n) is 8.98. The number of rotatable bonds is 6. The summed E-state index contributed by atoms with van der Waals surface area (Å²) in [6.07, 6.45) is 6.52. The van der Waals surface area contributed by atoms with Gasteiger partial charge in [0.05, 0.1) is 13.5 Å². The van der Waals surface area contributed by atoms with Crippen LogP contribution in [-0.2, 0) is 22.4 Å². The Morgan fingerprint density at radius 1 is 1.00 bits per heavy atom. The highest BCUT2D eigenvalue weighted by molar-refractivity contribution is 6.09. The predicted octanol–water partition coefficient (Wildman–Crippen LogP) is 5.19. The first kappa shape index (κ1) is 22.8. The average molecular weight is 468 g/mol. The molecule has 0 bridgehead atoms. The van der Waals surface area contributed by atoms with Crippen LogP contribution in [0.15, 0.2) is 72.4 Å². The van der Waals surface area contributed by atoms with Gasteiger partial charge >= 0.3 is 0 Å². The minimum absolute atomic E-state index is 0.0377. The molecule has 3 aromatic rings. The molecule has 1 aliphatic carbocycles. The molecule has 2 amide bonds. The predicted molar refractivity (Wildman–Crippen MR) is 137 cm³/mol. The Bertz CT molecular complexity index is 1270. The molecule has 2 aromatic carbocycles. The van der Waals surface area contributed by atoms with Gasteiger partial charge in [-0.25, -0.2) is 0 Å². The molecule has 0 saturated carbocycles. The quantitative estimate of drug-likeness (QED) is 0.542. The molecule has 0 saturated heterocycles. The number of anilines is 2. The highest BCUT2D eigenvalue weighted by Gasteiger charge is 2.26. The van der Waals surface area contributed by atoms with E-state index in [-0.39, 0.29) is 18.2 Å². The van der Waals surface area contributed by atoms with Gasteiger partial charge in [0.25, 0.3) is 5.91 Å². The lowest BCUT2D eigenvalue weighted by Crippen LogP contribution is -2.30. The van der Waals surface area contributed by atoms with Gasteiger partial charge in [0.2, 0.25) is 5.91 Å². The smallest absolute Gasteiger partial charge is 0.251 e. The fourth-order valence-corrected chi connectivity index (χ4v) is 4.96. The van der Waals surface area contributed by atoms with Gasteiger partial charge in [-0.2, -0.15) is 0 Å². The zero-order valence-corrected chi connectivity index (χ0v) is 19.9. The van der Waals surface area contributed by atoms with Crippen molar-refractivity contribution in [2.75, 3.05) is 23.9 Å². The van der Waals surface area contributed by atoms with Crippen LogP contribution in [0.3, 0.4) is 0 Å². The third kappa shape index (κ3) is 4.97. The summed E-state index contributed by atoms with van der Waals surface area (Å²) in [7, 11) is 1.65. The van der Waals surface area contributed by atoms with Gasteiger partial charge in [0, 0.05) is 35.4 Å². The number of hydrogen-bond donors (Lipinski definition) is 1. The second kappa shape index (κ2) is 10.1. The van der Waals surface area contributed by atoms with Crippen LogP contribution in [-0.4, -0.2) is 30.5 Å². The summed E-state index contributed by atoms with van der Waals surface area (Å²) in [5, 5.41) is 3.11. The molecule has 0 radical (unpaired) electrons. The van der Waals surface area contributed by atoms with Crippen molar-refractivity contribution in [2.24, 2.45) is 0 Å². The zero-order valence-electron chi connectivity index (χ0n) is 19.9. The number of amides is 2. The van der Waals surface area contributed by atoms with E-state index in [0.717, 1.165) is 77.2 Å². The number of fused-ring (bicyclic) bond motifs is 1. The fraction of sp³-hybridized carbons (Fsp3) is 0.276. The first-order chi connectivity index (χ1) is 17.1. The van der Waals surface area contributed by atoms with Crippen molar-refractivity contribution >= 4 is 28.8 Å². The molecule has 2 aliphatic rings. The van der Waals surface area contributed by atoms with Crippen LogP contribution in [0, 0.1) is 0 Å². The standard InChI is InChI=1S/C29H29N3O3/c1-35-24-12-9-20(10-13-24)25-7-2-3-8-26(25)29(34)31-23-11-14-27-21(18-23)15-17-32(27)28(33)19-22-6-4-5-16-30-22/h4-6,9-14,16,18H,2-3,7-8,15,17,19H2,1H3,(H,31,34). The van der Waals surface area contributed by atoms with E-state index in [1.807, 2.05) is 65.6 Å². The van der Waals surface area contributed by atoms with Crippen molar-refractivity contribution in [2.45, 2.75) is 38.5 Å². The normalized spacial score (nSPS) is 15.1. The highest BCUT2D eigenvalue weighted by atomic mass is 16.5. The Labute approximate surface area is 205 Å². The van der Waals surface area contributed by atoms with Crippen LogP contribution < -0.4 is 15.0 Å². The summed E-state index contributed by atoms with van der Waals surface area (Å²) >= 11 is 0. The number of methoxy groups -OCH3 is 1. The van der Waals surface area contributed by atoms with Crippen LogP contribution in [0.25, 0.3) is 5.57 Å². The summed E-state index contributed by atoms with van der Waals surface area (Å²) in [5.41, 5.74) is 6.57. The number of nitrogens with one attached hydrogen (secondary N) is 1. The number of hydrogen-bond acceptors (Lipinski definition) is 4. The monoisotopic (exact) mass is 467 g/mol. The molecule has 0 fully saturated rings. The SMILES string of the molecule is COc1ccc(C2=C(C(=O)Nc3ccc4c(c3)CCN4C(=O)Cc3ccccn3)CCCC2)cc1. The maximum absolute atomic E-state index is 13.3. The molecular formula is C29H29N3O3. The first-order valence-electron chi connectivity index (χ1n) is 12.1. The Morgan fingerprint density at radius 2 is 1.83 bits per heavy atom. The van der Waals surface area contributed by atoms with Crippen LogP contribution in [0.5, 0.6) is 5.75 Å². The van der Waals surface area contributed by atoms with E-state index in [2.05, 4.69) is 10.3 Å². The molecule has 6 nitrogen and oxygen atoms in total. The van der Waals surface area contributed by atoms with Crippen molar-refractivity contribution in [1.82, 2.24) is 4.98 Å². The largest absolute Gasteiger partial charge is 0.497 e. The van der Waals surface area contributed by atoms with E-state index in [9.17, 15) is 9.59 Å². The Hall–Kier alpha value is -3.93. The zero-order chi connectivity index (χ0) is 24.2. The number of aromatic nitrogens is 1. The topological polar surface area (TPSA) is 71.5 Å². The van der Waals surface area contributed by atoms with Gasteiger partial charge in [-0.1, -0.05) is 18.2 Å². The van der Waals surface area contributed by atoms with E-state index in [1.165, 1.54) is 0 Å². The van der Waals surface area contributed by atoms with Crippen LogP contribution >= 0.6 is 0 Å². The van der Waals surface area contributed by atoms with Crippen molar-refractivity contribution in [3.8, 4) is 5.75 Å². The molecule has 1 aromatic heterocycles. The highest BCUT2D eigenvalue weighted by Crippen LogP contribution is 2.35. The van der Waals surface area contributed by atoms with Gasteiger partial charge in [0.15, 0.2) is 0 Å². The van der Waals surface area contributed by atoms with E-state index >= 15 is 0 Å². The van der Waals surface area contributed by atoms with Gasteiger partial charge in [-0.15, -0.1) is 0 Å². The van der Waals surface area contributed by atoms with Gasteiger partial charge < -0.3 is 15.0 Å². The number of allylic oxidation sites excluding steroid dienone is 1. The van der Waals surface area contributed by atoms with Crippen molar-refractivity contribution in [3.05, 3.63) is 89.3 Å². The first-order valence-corrected chi connectivity index (χ1v) is 12.1. The van der Waals surface area contributed by atoms with E-state index in [4.69, 9.17) is 4.74 Å². The van der Waals surface area contributed by atoms with Crippen molar-refractivity contribution in [1.29, 1.82) is 0 Å². The van der Waals surface area contributed by atoms with Gasteiger partial charge in [-0.3, -0.25) is 14.6 Å². The molecule has 178 valence electrons. The number of nitrogens with zero attached hydrogens (tertiary/aromatic N) is 2. The summed E-state index contributed by atoms with van der Waals surface area (Å²) in [5.74, 6) is 0.800. The number of carbonyl (C=O) groups is 2. The summed E-state index contributed by atoms with van der Waals surface area (Å²) in [6, 6.07) is 19.4. The van der Waals surface area contributed by atoms with Gasteiger partial charge in [-0.05, 0) is 91.3 Å². The molecule has 6 heteroatoms. The minimum Gasteiger partial charge on any atom is -0.497 e. The molecule has 5 rings (SSSR count). The van der Waals surface area contributed by atoms with Crippen LogP contribution in [0.4, 0.5) is 11.4 Å². The molecule has 0 spiro atoms. The lowest BCUT2D eigenvalue weighted by atomic mass is 9.87. The number of benzene rings is 2. The third-order valence-corrected chi connectivity index (χ3v) is 6.77. The van der Waals surface area contributed by atoms with Crippen molar-refractivity contribution < 1.29 is 14.3 Å². The van der Waals surface area contributed by atoms with E-state index in [1.54, 1.807) is 13.3 Å².